The van der Waals surface area contributed by atoms with Crippen molar-refractivity contribution in [2.24, 2.45) is 11.5 Å². The molecule has 0 bridgehead atoms. The van der Waals surface area contributed by atoms with Crippen molar-refractivity contribution < 1.29 is 29.1 Å². The molecule has 0 aliphatic rings. The number of rotatable bonds is 14. The summed E-state index contributed by atoms with van der Waals surface area (Å²) in [6, 6.07) is 20.4. The molecule has 238 valence electrons. The number of hydrogen-bond donors (Lipinski definition) is 8. The highest BCUT2D eigenvalue weighted by atomic mass is 16.3. The molecule has 0 aliphatic heterocycles. The standard InChI is InChI=1S/C32H39N7O6/c1-20(36-30(43)25(33)17-23-12-14-24(40)15-13-23)29(42)35-19-28(41)37-27(18-22-10-6-3-7-11-22)32(45)39-38-31(44)26(34)16-21-8-4-2-5-9-21/h2-15,20,25-27,40H,16-19,33-34H2,1H3,(H,35,42)(H,36,43)(H,37,41)(H,38,44)(H,39,45)/t20-,25+,26-,27+/m1/s1. The van der Waals surface area contributed by atoms with Crippen molar-refractivity contribution in [1.29, 1.82) is 0 Å². The van der Waals surface area contributed by atoms with Crippen LogP contribution in [-0.2, 0) is 43.2 Å². The van der Waals surface area contributed by atoms with Gasteiger partial charge in [-0.15, -0.1) is 0 Å². The van der Waals surface area contributed by atoms with Crippen LogP contribution in [0.2, 0.25) is 0 Å². The van der Waals surface area contributed by atoms with Gasteiger partial charge in [-0.25, -0.2) is 0 Å². The summed E-state index contributed by atoms with van der Waals surface area (Å²) in [5.74, 6) is -3.09. The Morgan fingerprint density at radius 1 is 0.622 bits per heavy atom. The van der Waals surface area contributed by atoms with Crippen molar-refractivity contribution in [1.82, 2.24) is 26.8 Å². The molecular weight excluding hydrogens is 578 g/mol. The van der Waals surface area contributed by atoms with Gasteiger partial charge in [0.05, 0.1) is 18.6 Å². The van der Waals surface area contributed by atoms with E-state index >= 15 is 0 Å². The molecule has 0 fully saturated rings. The number of benzene rings is 3. The summed E-state index contributed by atoms with van der Waals surface area (Å²) < 4.78 is 0. The minimum absolute atomic E-state index is 0.0872. The maximum atomic E-state index is 13.0. The summed E-state index contributed by atoms with van der Waals surface area (Å²) >= 11 is 0. The van der Waals surface area contributed by atoms with E-state index in [4.69, 9.17) is 11.5 Å². The molecule has 3 aromatic rings. The van der Waals surface area contributed by atoms with Gasteiger partial charge in [-0.1, -0.05) is 72.8 Å². The number of carbonyl (C=O) groups excluding carboxylic acids is 5. The van der Waals surface area contributed by atoms with Crippen molar-refractivity contribution in [2.45, 2.75) is 50.4 Å². The first-order valence-corrected chi connectivity index (χ1v) is 14.4. The van der Waals surface area contributed by atoms with Crippen LogP contribution in [0.5, 0.6) is 5.75 Å². The molecule has 3 rings (SSSR count). The summed E-state index contributed by atoms with van der Waals surface area (Å²) in [5, 5.41) is 16.9. The predicted octanol–water partition coefficient (Wildman–Crippen LogP) is -0.672. The zero-order valence-corrected chi connectivity index (χ0v) is 24.9. The number of amides is 5. The summed E-state index contributed by atoms with van der Waals surface area (Å²) in [6.45, 7) is 0.959. The van der Waals surface area contributed by atoms with Gasteiger partial charge < -0.3 is 32.5 Å². The van der Waals surface area contributed by atoms with Crippen LogP contribution in [0.15, 0.2) is 84.9 Å². The zero-order valence-electron chi connectivity index (χ0n) is 24.9. The first-order chi connectivity index (χ1) is 21.5. The van der Waals surface area contributed by atoms with Gasteiger partial charge in [0.1, 0.15) is 17.8 Å². The van der Waals surface area contributed by atoms with Gasteiger partial charge in [0.25, 0.3) is 11.8 Å². The lowest BCUT2D eigenvalue weighted by molar-refractivity contribution is -0.133. The molecule has 0 radical (unpaired) electrons. The lowest BCUT2D eigenvalue weighted by atomic mass is 10.1. The number of phenolic OH excluding ortho intramolecular Hbond substituents is 1. The van der Waals surface area contributed by atoms with E-state index in [0.29, 0.717) is 0 Å². The molecule has 10 N–H and O–H groups in total. The predicted molar refractivity (Wildman–Crippen MR) is 167 cm³/mol. The quantitative estimate of drug-likeness (QED) is 0.108. The maximum absolute atomic E-state index is 13.0. The van der Waals surface area contributed by atoms with Crippen molar-refractivity contribution in [2.75, 3.05) is 6.54 Å². The average molecular weight is 618 g/mol. The van der Waals surface area contributed by atoms with Crippen LogP contribution in [0.25, 0.3) is 0 Å². The number of nitrogens with two attached hydrogens (primary N) is 2. The van der Waals surface area contributed by atoms with Crippen molar-refractivity contribution >= 4 is 29.5 Å². The molecule has 0 saturated heterocycles. The monoisotopic (exact) mass is 617 g/mol. The van der Waals surface area contributed by atoms with Crippen LogP contribution >= 0.6 is 0 Å². The van der Waals surface area contributed by atoms with E-state index in [1.165, 1.54) is 19.1 Å². The van der Waals surface area contributed by atoms with E-state index in [9.17, 15) is 29.1 Å². The fourth-order valence-corrected chi connectivity index (χ4v) is 4.25. The smallest absolute Gasteiger partial charge is 0.261 e. The highest BCUT2D eigenvalue weighted by Crippen LogP contribution is 2.11. The Morgan fingerprint density at radius 3 is 1.69 bits per heavy atom. The molecule has 5 amide bonds. The Labute approximate surface area is 261 Å². The summed E-state index contributed by atoms with van der Waals surface area (Å²) in [5.41, 5.74) is 18.9. The molecule has 0 spiro atoms. The maximum Gasteiger partial charge on any atom is 0.261 e. The van der Waals surface area contributed by atoms with E-state index in [0.717, 1.165) is 16.7 Å². The molecule has 45 heavy (non-hydrogen) atoms. The van der Waals surface area contributed by atoms with Crippen LogP contribution in [0.4, 0.5) is 0 Å². The third-order valence-corrected chi connectivity index (χ3v) is 6.78. The van der Waals surface area contributed by atoms with Gasteiger partial charge in [-0.3, -0.25) is 34.8 Å². The molecule has 0 unspecified atom stereocenters. The Hall–Kier alpha value is -5.27. The van der Waals surface area contributed by atoms with Gasteiger partial charge in [0, 0.05) is 6.42 Å². The van der Waals surface area contributed by atoms with Crippen LogP contribution in [0.1, 0.15) is 23.6 Å². The topological polar surface area (TPSA) is 218 Å². The number of aromatic hydroxyl groups is 1. The molecule has 0 aliphatic carbocycles. The van der Waals surface area contributed by atoms with Gasteiger partial charge in [-0.05, 0) is 48.6 Å². The Bertz CT molecular complexity index is 1440. The second kappa shape index (κ2) is 17.1. The second-order valence-corrected chi connectivity index (χ2v) is 10.5. The molecule has 0 heterocycles. The first kappa shape index (κ1) is 34.2. The minimum Gasteiger partial charge on any atom is -0.508 e. The molecule has 13 heteroatoms. The van der Waals surface area contributed by atoms with Crippen molar-refractivity contribution in [3.05, 3.63) is 102 Å². The van der Waals surface area contributed by atoms with Crippen molar-refractivity contribution in [3.63, 3.8) is 0 Å². The number of hydrogen-bond acceptors (Lipinski definition) is 8. The number of hydrazine groups is 1. The molecule has 0 saturated carbocycles. The van der Waals surface area contributed by atoms with E-state index in [1.54, 1.807) is 42.5 Å². The number of nitrogens with one attached hydrogen (secondary N) is 5. The highest BCUT2D eigenvalue weighted by molar-refractivity contribution is 5.93. The largest absolute Gasteiger partial charge is 0.508 e. The molecule has 4 atom stereocenters. The van der Waals surface area contributed by atoms with Crippen LogP contribution in [-0.4, -0.2) is 65.4 Å². The van der Waals surface area contributed by atoms with Gasteiger partial charge in [0.15, 0.2) is 0 Å². The molecule has 0 aromatic heterocycles. The van der Waals surface area contributed by atoms with Crippen LogP contribution in [0, 0.1) is 0 Å². The van der Waals surface area contributed by atoms with Crippen LogP contribution < -0.4 is 38.3 Å². The first-order valence-electron chi connectivity index (χ1n) is 14.4. The Kier molecular flexibility index (Phi) is 13.0. The van der Waals surface area contributed by atoms with Crippen LogP contribution in [0.3, 0.4) is 0 Å². The summed E-state index contributed by atoms with van der Waals surface area (Å²) in [7, 11) is 0. The lowest BCUT2D eigenvalue weighted by Crippen LogP contribution is -2.57. The van der Waals surface area contributed by atoms with E-state index in [-0.39, 0.29) is 25.0 Å². The van der Waals surface area contributed by atoms with Gasteiger partial charge in [-0.2, -0.15) is 0 Å². The van der Waals surface area contributed by atoms with Gasteiger partial charge in [0.2, 0.25) is 17.7 Å². The molecule has 3 aromatic carbocycles. The Balaban J connectivity index is 1.50. The zero-order chi connectivity index (χ0) is 32.8. The molecule has 13 nitrogen and oxygen atoms in total. The normalized spacial score (nSPS) is 13.3. The lowest BCUT2D eigenvalue weighted by Gasteiger charge is -2.21. The van der Waals surface area contributed by atoms with E-state index in [1.807, 2.05) is 30.3 Å². The summed E-state index contributed by atoms with van der Waals surface area (Å²) in [6.07, 6.45) is 0.548. The third kappa shape index (κ3) is 11.7. The average Bonchev–Trinajstić information content (AvgIpc) is 3.03. The molecular formula is C32H39N7O6. The number of carbonyl (C=O) groups is 5. The Morgan fingerprint density at radius 2 is 1.11 bits per heavy atom. The minimum atomic E-state index is -1.10. The fourth-order valence-electron chi connectivity index (χ4n) is 4.25. The fraction of sp³-hybridized carbons (Fsp3) is 0.281. The number of phenols is 1. The third-order valence-electron chi connectivity index (χ3n) is 6.78. The summed E-state index contributed by atoms with van der Waals surface area (Å²) in [4.78, 5) is 63.3. The van der Waals surface area contributed by atoms with E-state index < -0.39 is 60.2 Å². The van der Waals surface area contributed by atoms with Gasteiger partial charge >= 0.3 is 0 Å². The van der Waals surface area contributed by atoms with E-state index in [2.05, 4.69) is 26.8 Å². The van der Waals surface area contributed by atoms with Crippen molar-refractivity contribution in [3.8, 4) is 5.75 Å². The SMILES string of the molecule is C[C@@H](NC(=O)[C@@H](N)Cc1ccc(O)cc1)C(=O)NCC(=O)N[C@@H](Cc1ccccc1)C(=O)NNC(=O)[C@H](N)Cc1ccccc1. The highest BCUT2D eigenvalue weighted by Gasteiger charge is 2.25. The second-order valence-electron chi connectivity index (χ2n) is 10.5.